The third kappa shape index (κ3) is 6.02. The van der Waals surface area contributed by atoms with Crippen LogP contribution in [0, 0.1) is 0 Å². The summed E-state index contributed by atoms with van der Waals surface area (Å²) >= 11 is 0. The average molecular weight is 352 g/mol. The average Bonchev–Trinajstić information content (AvgIpc) is 2.34. The van der Waals surface area contributed by atoms with Gasteiger partial charge in [-0.25, -0.2) is 4.79 Å². The second kappa shape index (κ2) is 8.00. The standard InChI is InChI=1S/C13H18F6O4/c1-3-4-10(22)23-7-9(21)6-12(16,17)13(18,19)11(14,15)5-8(2)20/h3-4,8-9,20-21H,5-7H2,1-2H3. The van der Waals surface area contributed by atoms with Gasteiger partial charge in [-0.1, -0.05) is 6.08 Å². The van der Waals surface area contributed by atoms with E-state index in [1.54, 1.807) is 0 Å². The number of carbonyl (C=O) groups excluding carboxylic acids is 1. The van der Waals surface area contributed by atoms with Gasteiger partial charge in [0.25, 0.3) is 0 Å². The third-order valence-corrected chi connectivity index (χ3v) is 2.68. The number of hydrogen-bond acceptors (Lipinski definition) is 4. The van der Waals surface area contributed by atoms with Gasteiger partial charge in [0.05, 0.1) is 12.2 Å². The Bertz CT molecular complexity index is 423. The molecule has 0 aliphatic rings. The first-order valence-electron chi connectivity index (χ1n) is 6.56. The quantitative estimate of drug-likeness (QED) is 0.380. The van der Waals surface area contributed by atoms with Crippen LogP contribution in [0.15, 0.2) is 12.2 Å². The maximum atomic E-state index is 13.4. The summed E-state index contributed by atoms with van der Waals surface area (Å²) in [4.78, 5) is 10.9. The van der Waals surface area contributed by atoms with Crippen molar-refractivity contribution in [1.29, 1.82) is 0 Å². The lowest BCUT2D eigenvalue weighted by atomic mass is 9.95. The number of hydrogen-bond donors (Lipinski definition) is 2. The van der Waals surface area contributed by atoms with Crippen LogP contribution in [0.3, 0.4) is 0 Å². The van der Waals surface area contributed by atoms with Crippen molar-refractivity contribution in [3.8, 4) is 0 Å². The van der Waals surface area contributed by atoms with Gasteiger partial charge in [-0.15, -0.1) is 0 Å². The molecule has 2 unspecified atom stereocenters. The molecule has 0 bridgehead atoms. The van der Waals surface area contributed by atoms with E-state index >= 15 is 0 Å². The molecule has 0 aromatic carbocycles. The SMILES string of the molecule is CC=CC(=O)OCC(O)CC(F)(F)C(F)(F)C(F)(F)CC(C)O. The zero-order chi connectivity index (χ0) is 18.5. The number of aliphatic hydroxyl groups is 2. The number of halogens is 6. The lowest BCUT2D eigenvalue weighted by Crippen LogP contribution is -2.56. The summed E-state index contributed by atoms with van der Waals surface area (Å²) in [6.45, 7) is 1.13. The Labute approximate surface area is 128 Å². The molecule has 23 heavy (non-hydrogen) atoms. The predicted octanol–water partition coefficient (Wildman–Crippen LogP) is 2.53. The second-order valence-electron chi connectivity index (χ2n) is 5.02. The van der Waals surface area contributed by atoms with Crippen LogP contribution in [0.4, 0.5) is 26.3 Å². The highest BCUT2D eigenvalue weighted by Gasteiger charge is 2.71. The van der Waals surface area contributed by atoms with Gasteiger partial charge in [0.1, 0.15) is 6.61 Å². The van der Waals surface area contributed by atoms with Crippen molar-refractivity contribution in [1.82, 2.24) is 0 Å². The molecule has 0 spiro atoms. The van der Waals surface area contributed by atoms with Crippen molar-refractivity contribution < 1.29 is 46.1 Å². The molecule has 0 saturated carbocycles. The van der Waals surface area contributed by atoms with E-state index in [-0.39, 0.29) is 0 Å². The highest BCUT2D eigenvalue weighted by Crippen LogP contribution is 2.49. The van der Waals surface area contributed by atoms with E-state index < -0.39 is 55.4 Å². The summed E-state index contributed by atoms with van der Waals surface area (Å²) in [5, 5.41) is 17.9. The normalized spacial score (nSPS) is 16.4. The fraction of sp³-hybridized carbons (Fsp3) is 0.769. The van der Waals surface area contributed by atoms with E-state index in [0.717, 1.165) is 13.0 Å². The number of carbonyl (C=O) groups is 1. The van der Waals surface area contributed by atoms with Gasteiger partial charge >= 0.3 is 23.7 Å². The summed E-state index contributed by atoms with van der Waals surface area (Å²) < 4.78 is 84.4. The molecule has 0 radical (unpaired) electrons. The molecule has 0 aromatic rings. The van der Waals surface area contributed by atoms with Gasteiger partial charge in [-0.05, 0) is 13.8 Å². The first-order valence-corrected chi connectivity index (χ1v) is 6.56. The molecule has 0 aliphatic carbocycles. The topological polar surface area (TPSA) is 66.8 Å². The van der Waals surface area contributed by atoms with Gasteiger partial charge in [0, 0.05) is 18.9 Å². The van der Waals surface area contributed by atoms with Crippen LogP contribution in [0.2, 0.25) is 0 Å². The Morgan fingerprint density at radius 3 is 2.00 bits per heavy atom. The van der Waals surface area contributed by atoms with Crippen LogP contribution in [-0.2, 0) is 9.53 Å². The molecule has 0 fully saturated rings. The van der Waals surface area contributed by atoms with Crippen molar-refractivity contribution in [2.75, 3.05) is 6.61 Å². The molecule has 0 aromatic heterocycles. The molecule has 4 nitrogen and oxygen atoms in total. The zero-order valence-corrected chi connectivity index (χ0v) is 12.4. The van der Waals surface area contributed by atoms with Gasteiger partial charge < -0.3 is 14.9 Å². The van der Waals surface area contributed by atoms with Crippen LogP contribution in [0.5, 0.6) is 0 Å². The molecular weight excluding hydrogens is 334 g/mol. The third-order valence-electron chi connectivity index (χ3n) is 2.68. The number of allylic oxidation sites excluding steroid dienone is 1. The first kappa shape index (κ1) is 21.7. The van der Waals surface area contributed by atoms with Crippen LogP contribution < -0.4 is 0 Å². The molecule has 0 amide bonds. The highest BCUT2D eigenvalue weighted by atomic mass is 19.3. The van der Waals surface area contributed by atoms with Crippen LogP contribution in [0.1, 0.15) is 26.7 Å². The Kier molecular flexibility index (Phi) is 7.55. The van der Waals surface area contributed by atoms with Gasteiger partial charge in [-0.2, -0.15) is 26.3 Å². The van der Waals surface area contributed by atoms with E-state index in [4.69, 9.17) is 5.11 Å². The van der Waals surface area contributed by atoms with Gasteiger partial charge in [0.2, 0.25) is 0 Å². The van der Waals surface area contributed by atoms with E-state index in [9.17, 15) is 36.2 Å². The fourth-order valence-corrected chi connectivity index (χ4v) is 1.61. The molecule has 136 valence electrons. The molecule has 0 saturated heterocycles. The van der Waals surface area contributed by atoms with Crippen molar-refractivity contribution in [2.24, 2.45) is 0 Å². The smallest absolute Gasteiger partial charge is 0.372 e. The number of esters is 1. The molecule has 0 heterocycles. The minimum absolute atomic E-state index is 0.748. The Morgan fingerprint density at radius 2 is 1.57 bits per heavy atom. The monoisotopic (exact) mass is 352 g/mol. The van der Waals surface area contributed by atoms with E-state index in [2.05, 4.69) is 4.74 Å². The maximum Gasteiger partial charge on any atom is 0.372 e. The minimum Gasteiger partial charge on any atom is -0.460 e. The van der Waals surface area contributed by atoms with Crippen LogP contribution >= 0.6 is 0 Å². The first-order chi connectivity index (χ1) is 10.3. The minimum atomic E-state index is -5.80. The second-order valence-corrected chi connectivity index (χ2v) is 5.02. The maximum absolute atomic E-state index is 13.4. The number of ether oxygens (including phenoxy) is 1. The molecule has 2 atom stereocenters. The predicted molar refractivity (Wildman–Crippen MR) is 67.5 cm³/mol. The Hall–Kier alpha value is -1.29. The zero-order valence-electron chi connectivity index (χ0n) is 12.4. The lowest BCUT2D eigenvalue weighted by Gasteiger charge is -2.34. The summed E-state index contributed by atoms with van der Waals surface area (Å²) in [5.74, 6) is -17.3. The van der Waals surface area contributed by atoms with Crippen molar-refractivity contribution in [2.45, 2.75) is 56.7 Å². The fourth-order valence-electron chi connectivity index (χ4n) is 1.61. The van der Waals surface area contributed by atoms with Gasteiger partial charge in [-0.3, -0.25) is 0 Å². The summed E-state index contributed by atoms with van der Waals surface area (Å²) in [5.41, 5.74) is 0. The molecule has 0 rings (SSSR count). The summed E-state index contributed by atoms with van der Waals surface area (Å²) in [7, 11) is 0. The molecular formula is C13H18F6O4. The Morgan fingerprint density at radius 1 is 1.09 bits per heavy atom. The lowest BCUT2D eigenvalue weighted by molar-refractivity contribution is -0.320. The number of aliphatic hydroxyl groups excluding tert-OH is 2. The molecule has 10 heteroatoms. The van der Waals surface area contributed by atoms with E-state index in [1.165, 1.54) is 13.0 Å². The van der Waals surface area contributed by atoms with E-state index in [1.807, 2.05) is 0 Å². The van der Waals surface area contributed by atoms with E-state index in [0.29, 0.717) is 0 Å². The molecule has 2 N–H and O–H groups in total. The highest BCUT2D eigenvalue weighted by molar-refractivity contribution is 5.81. The largest absolute Gasteiger partial charge is 0.460 e. The van der Waals surface area contributed by atoms with Crippen molar-refractivity contribution in [3.63, 3.8) is 0 Å². The summed E-state index contributed by atoms with van der Waals surface area (Å²) in [6.07, 6.45) is -5.99. The van der Waals surface area contributed by atoms with Crippen LogP contribution in [0.25, 0.3) is 0 Å². The summed E-state index contributed by atoms with van der Waals surface area (Å²) in [6, 6.07) is 0. The number of rotatable bonds is 9. The Balaban J connectivity index is 4.92. The number of alkyl halides is 6. The van der Waals surface area contributed by atoms with Crippen molar-refractivity contribution in [3.05, 3.63) is 12.2 Å². The van der Waals surface area contributed by atoms with Crippen molar-refractivity contribution >= 4 is 5.97 Å². The molecule has 0 aliphatic heterocycles. The van der Waals surface area contributed by atoms with Gasteiger partial charge in [0.15, 0.2) is 0 Å². The van der Waals surface area contributed by atoms with Crippen LogP contribution in [-0.4, -0.2) is 52.8 Å².